The number of pyridine rings is 1. The van der Waals surface area contributed by atoms with Crippen molar-refractivity contribution in [2.45, 2.75) is 32.4 Å². The highest BCUT2D eigenvalue weighted by Gasteiger charge is 2.46. The van der Waals surface area contributed by atoms with Crippen molar-refractivity contribution in [2.24, 2.45) is 0 Å². The lowest BCUT2D eigenvalue weighted by molar-refractivity contribution is -0.140. The van der Waals surface area contributed by atoms with Gasteiger partial charge in [0.1, 0.15) is 19.0 Å². The number of carbonyl (C=O) groups excluding carboxylic acids is 2. The number of amides is 1. The number of benzene rings is 2. The van der Waals surface area contributed by atoms with Gasteiger partial charge in [0, 0.05) is 24.5 Å². The van der Waals surface area contributed by atoms with Gasteiger partial charge < -0.3 is 19.5 Å². The highest BCUT2D eigenvalue weighted by Crippen LogP contribution is 2.42. The van der Waals surface area contributed by atoms with E-state index in [1.807, 2.05) is 24.3 Å². The van der Waals surface area contributed by atoms with Gasteiger partial charge in [0.05, 0.1) is 11.6 Å². The van der Waals surface area contributed by atoms with E-state index in [0.29, 0.717) is 36.2 Å². The molecule has 0 saturated carbocycles. The molecule has 3 aromatic rings. The van der Waals surface area contributed by atoms with E-state index in [1.165, 1.54) is 4.90 Å². The molecule has 0 bridgehead atoms. The lowest BCUT2D eigenvalue weighted by Gasteiger charge is -2.26. The molecule has 1 saturated heterocycles. The van der Waals surface area contributed by atoms with Gasteiger partial charge in [-0.15, -0.1) is 0 Å². The van der Waals surface area contributed by atoms with E-state index in [0.717, 1.165) is 16.7 Å². The van der Waals surface area contributed by atoms with Crippen LogP contribution in [-0.2, 0) is 16.1 Å². The maximum Gasteiger partial charge on any atom is 0.295 e. The lowest BCUT2D eigenvalue weighted by Crippen LogP contribution is -2.29. The minimum atomic E-state index is -0.738. The first-order valence-electron chi connectivity index (χ1n) is 11.6. The molecule has 178 valence electrons. The summed E-state index contributed by atoms with van der Waals surface area (Å²) in [6, 6.07) is 15.7. The summed E-state index contributed by atoms with van der Waals surface area (Å²) in [6.07, 6.45) is 3.29. The minimum absolute atomic E-state index is 0.0537. The Bertz CT molecular complexity index is 1300. The Morgan fingerprint density at radius 2 is 1.69 bits per heavy atom. The van der Waals surface area contributed by atoms with E-state index >= 15 is 0 Å². The fraction of sp³-hybridized carbons (Fsp3) is 0.250. The maximum absolute atomic E-state index is 13.3. The van der Waals surface area contributed by atoms with Crippen LogP contribution in [0, 0.1) is 0 Å². The Labute approximate surface area is 203 Å². The summed E-state index contributed by atoms with van der Waals surface area (Å²) in [5.74, 6) is -0.209. The Kier molecular flexibility index (Phi) is 5.99. The number of hydrogen-bond acceptors (Lipinski definition) is 6. The number of nitrogens with zero attached hydrogens (tertiary/aromatic N) is 2. The first-order valence-corrected chi connectivity index (χ1v) is 11.6. The Morgan fingerprint density at radius 1 is 1.00 bits per heavy atom. The van der Waals surface area contributed by atoms with Crippen LogP contribution in [0.15, 0.2) is 72.6 Å². The number of aliphatic hydroxyl groups excluding tert-OH is 1. The number of rotatable bonds is 5. The Morgan fingerprint density at radius 3 is 2.37 bits per heavy atom. The van der Waals surface area contributed by atoms with Gasteiger partial charge in [-0.05, 0) is 52.9 Å². The second-order valence-corrected chi connectivity index (χ2v) is 8.96. The monoisotopic (exact) mass is 470 g/mol. The molecule has 7 heteroatoms. The molecule has 5 rings (SSSR count). The highest BCUT2D eigenvalue weighted by molar-refractivity contribution is 6.46. The molecule has 1 fully saturated rings. The molecule has 1 atom stereocenters. The molecule has 1 N–H and O–H groups in total. The summed E-state index contributed by atoms with van der Waals surface area (Å²) in [5.41, 5.74) is 3.18. The number of aliphatic hydroxyl groups is 1. The third-order valence-corrected chi connectivity index (χ3v) is 6.38. The van der Waals surface area contributed by atoms with E-state index in [-0.39, 0.29) is 17.9 Å². The number of ketones is 1. The first-order chi connectivity index (χ1) is 16.9. The second-order valence-electron chi connectivity index (χ2n) is 8.96. The number of carbonyl (C=O) groups is 2. The van der Waals surface area contributed by atoms with Crippen LogP contribution < -0.4 is 9.47 Å². The predicted octanol–water partition coefficient (Wildman–Crippen LogP) is 4.60. The number of ether oxygens (including phenoxy) is 2. The SMILES string of the molecule is CC(C)c1ccc(C2C(=C(O)c3ccc4c(c3)OCCO4)C(=O)C(=O)N2Cc2ccncc2)cc1. The van der Waals surface area contributed by atoms with Crippen LogP contribution in [0.3, 0.4) is 0 Å². The van der Waals surface area contributed by atoms with Gasteiger partial charge in [0.15, 0.2) is 11.5 Å². The van der Waals surface area contributed by atoms with Crippen LogP contribution in [0.25, 0.3) is 5.76 Å². The highest BCUT2D eigenvalue weighted by atomic mass is 16.6. The van der Waals surface area contributed by atoms with Crippen LogP contribution >= 0.6 is 0 Å². The quantitative estimate of drug-likeness (QED) is 0.333. The van der Waals surface area contributed by atoms with Crippen molar-refractivity contribution in [2.75, 3.05) is 13.2 Å². The molecular weight excluding hydrogens is 444 g/mol. The molecule has 35 heavy (non-hydrogen) atoms. The van der Waals surface area contributed by atoms with E-state index in [2.05, 4.69) is 18.8 Å². The fourth-order valence-corrected chi connectivity index (χ4v) is 4.48. The summed E-state index contributed by atoms with van der Waals surface area (Å²) >= 11 is 0. The van der Waals surface area contributed by atoms with Crippen LogP contribution in [-0.4, -0.2) is 39.9 Å². The van der Waals surface area contributed by atoms with E-state index in [1.54, 1.807) is 42.7 Å². The van der Waals surface area contributed by atoms with Crippen molar-refractivity contribution in [1.82, 2.24) is 9.88 Å². The summed E-state index contributed by atoms with van der Waals surface area (Å²) in [6.45, 7) is 5.26. The Hall–Kier alpha value is -4.13. The van der Waals surface area contributed by atoms with Crippen LogP contribution in [0.5, 0.6) is 11.5 Å². The average Bonchev–Trinajstić information content (AvgIpc) is 3.13. The zero-order valence-corrected chi connectivity index (χ0v) is 19.6. The number of likely N-dealkylation sites (tertiary alicyclic amines) is 1. The summed E-state index contributed by atoms with van der Waals surface area (Å²) in [4.78, 5) is 32.0. The molecule has 3 heterocycles. The van der Waals surface area contributed by atoms with E-state index in [4.69, 9.17) is 9.47 Å². The van der Waals surface area contributed by atoms with Crippen molar-refractivity contribution in [3.05, 3.63) is 94.8 Å². The van der Waals surface area contributed by atoms with E-state index < -0.39 is 17.7 Å². The smallest absolute Gasteiger partial charge is 0.295 e. The van der Waals surface area contributed by atoms with Gasteiger partial charge in [-0.25, -0.2) is 0 Å². The molecule has 1 unspecified atom stereocenters. The molecule has 2 aliphatic heterocycles. The lowest BCUT2D eigenvalue weighted by atomic mass is 9.93. The largest absolute Gasteiger partial charge is 0.507 e. The second kappa shape index (κ2) is 9.25. The summed E-state index contributed by atoms with van der Waals surface area (Å²) in [7, 11) is 0. The maximum atomic E-state index is 13.3. The molecule has 0 spiro atoms. The van der Waals surface area contributed by atoms with Gasteiger partial charge in [-0.3, -0.25) is 14.6 Å². The number of fused-ring (bicyclic) bond motifs is 1. The molecule has 1 amide bonds. The fourth-order valence-electron chi connectivity index (χ4n) is 4.48. The van der Waals surface area contributed by atoms with Gasteiger partial charge in [-0.2, -0.15) is 0 Å². The number of hydrogen-bond donors (Lipinski definition) is 1. The average molecular weight is 471 g/mol. The topological polar surface area (TPSA) is 89.0 Å². The van der Waals surface area contributed by atoms with Crippen molar-refractivity contribution in [3.8, 4) is 11.5 Å². The van der Waals surface area contributed by atoms with Gasteiger partial charge >= 0.3 is 0 Å². The van der Waals surface area contributed by atoms with Crippen molar-refractivity contribution in [1.29, 1.82) is 0 Å². The van der Waals surface area contributed by atoms with Crippen molar-refractivity contribution in [3.63, 3.8) is 0 Å². The zero-order chi connectivity index (χ0) is 24.5. The normalized spacial score (nSPS) is 18.8. The molecule has 1 aromatic heterocycles. The van der Waals surface area contributed by atoms with Crippen LogP contribution in [0.4, 0.5) is 0 Å². The third kappa shape index (κ3) is 4.25. The molecule has 2 aliphatic rings. The summed E-state index contributed by atoms with van der Waals surface area (Å²) < 4.78 is 11.2. The number of Topliss-reactive ketones (excluding diaryl/α,β-unsaturated/α-hetero) is 1. The molecular formula is C28H26N2O5. The molecule has 0 aliphatic carbocycles. The standard InChI is InChI=1S/C28H26N2O5/c1-17(2)19-3-5-20(6-4-19)25-24(26(31)21-7-8-22-23(15-21)35-14-13-34-22)27(32)28(33)30(25)16-18-9-11-29-12-10-18/h3-12,15,17,25,31H,13-14,16H2,1-2H3. The van der Waals surface area contributed by atoms with Gasteiger partial charge in [0.2, 0.25) is 0 Å². The zero-order valence-electron chi connectivity index (χ0n) is 19.6. The number of aromatic nitrogens is 1. The van der Waals surface area contributed by atoms with Crippen LogP contribution in [0.2, 0.25) is 0 Å². The summed E-state index contributed by atoms with van der Waals surface area (Å²) in [5, 5.41) is 11.3. The minimum Gasteiger partial charge on any atom is -0.507 e. The third-order valence-electron chi connectivity index (χ3n) is 6.38. The van der Waals surface area contributed by atoms with Gasteiger partial charge in [-0.1, -0.05) is 38.1 Å². The van der Waals surface area contributed by atoms with Crippen molar-refractivity contribution < 1.29 is 24.2 Å². The van der Waals surface area contributed by atoms with Gasteiger partial charge in [0.25, 0.3) is 11.7 Å². The van der Waals surface area contributed by atoms with Crippen molar-refractivity contribution >= 4 is 17.4 Å². The Balaban J connectivity index is 1.62. The molecule has 7 nitrogen and oxygen atoms in total. The molecule has 0 radical (unpaired) electrons. The van der Waals surface area contributed by atoms with Crippen LogP contribution in [0.1, 0.15) is 48.1 Å². The predicted molar refractivity (Wildman–Crippen MR) is 130 cm³/mol. The first kappa shape index (κ1) is 22.7. The molecule has 2 aromatic carbocycles. The van der Waals surface area contributed by atoms with E-state index in [9.17, 15) is 14.7 Å².